The predicted molar refractivity (Wildman–Crippen MR) is 52.1 cm³/mol. The molecule has 0 atom stereocenters. The molecule has 0 N–H and O–H groups in total. The van der Waals surface area contributed by atoms with Crippen molar-refractivity contribution in [3.63, 3.8) is 0 Å². The van der Waals surface area contributed by atoms with Crippen LogP contribution in [0.15, 0.2) is 24.3 Å². The van der Waals surface area contributed by atoms with E-state index in [4.69, 9.17) is 19.4 Å². The van der Waals surface area contributed by atoms with Crippen LogP contribution in [0, 0.1) is 5.82 Å². The van der Waals surface area contributed by atoms with Gasteiger partial charge in [0.15, 0.2) is 0 Å². The average Bonchev–Trinajstić information content (AvgIpc) is 2.12. The highest BCUT2D eigenvalue weighted by molar-refractivity contribution is 6.33. The Hall–Kier alpha value is -1.09. The Labute approximate surface area is 81.0 Å². The number of halogens is 2. The van der Waals surface area contributed by atoms with Gasteiger partial charge in [0.05, 0.1) is 5.52 Å². The molecule has 0 spiro atoms. The van der Waals surface area contributed by atoms with E-state index in [0.29, 0.717) is 16.1 Å². The molecule has 0 aliphatic heterocycles. The largest absolute Gasteiger partial charge is 0.236 e. The third kappa shape index (κ3) is 1.40. The van der Waals surface area contributed by atoms with E-state index in [-0.39, 0.29) is 5.46 Å². The highest BCUT2D eigenvalue weighted by atomic mass is 35.5. The molecule has 13 heavy (non-hydrogen) atoms. The standard InChI is InChI=1S/C9H4BClFN/c10-6-2-3-7-5(9(6)12)1-4-8(11)13-7/h1-4H. The fourth-order valence-electron chi connectivity index (χ4n) is 1.16. The molecule has 0 aliphatic carbocycles. The molecule has 0 saturated carbocycles. The minimum Gasteiger partial charge on any atom is -0.236 e. The van der Waals surface area contributed by atoms with Crippen LogP contribution in [0.4, 0.5) is 4.39 Å². The Morgan fingerprint density at radius 3 is 2.77 bits per heavy atom. The zero-order chi connectivity index (χ0) is 9.42. The van der Waals surface area contributed by atoms with Crippen molar-refractivity contribution in [3.8, 4) is 0 Å². The lowest BCUT2D eigenvalue weighted by Gasteiger charge is -2.01. The maximum atomic E-state index is 13.3. The maximum absolute atomic E-state index is 13.3. The fourth-order valence-corrected chi connectivity index (χ4v) is 1.31. The highest BCUT2D eigenvalue weighted by Crippen LogP contribution is 2.16. The smallest absolute Gasteiger partial charge is 0.129 e. The number of fused-ring (bicyclic) bond motifs is 1. The lowest BCUT2D eigenvalue weighted by Crippen LogP contribution is -2.08. The van der Waals surface area contributed by atoms with Crippen LogP contribution in [-0.2, 0) is 0 Å². The first-order chi connectivity index (χ1) is 6.18. The minimum absolute atomic E-state index is 0.122. The van der Waals surface area contributed by atoms with Crippen molar-refractivity contribution in [2.75, 3.05) is 0 Å². The monoisotopic (exact) mass is 191 g/mol. The van der Waals surface area contributed by atoms with Crippen molar-refractivity contribution in [1.82, 2.24) is 4.98 Å². The predicted octanol–water partition coefficient (Wildman–Crippen LogP) is 1.82. The van der Waals surface area contributed by atoms with Crippen LogP contribution in [0.1, 0.15) is 0 Å². The molecule has 0 bridgehead atoms. The van der Waals surface area contributed by atoms with Gasteiger partial charge in [-0.3, -0.25) is 0 Å². The molecule has 0 amide bonds. The summed E-state index contributed by atoms with van der Waals surface area (Å²) in [6.45, 7) is 0. The number of nitrogens with zero attached hydrogens (tertiary/aromatic N) is 1. The van der Waals surface area contributed by atoms with Gasteiger partial charge in [0.25, 0.3) is 0 Å². The van der Waals surface area contributed by atoms with Crippen LogP contribution in [0.2, 0.25) is 5.15 Å². The summed E-state index contributed by atoms with van der Waals surface area (Å²) in [6.07, 6.45) is 0. The zero-order valence-corrected chi connectivity index (χ0v) is 7.35. The third-order valence-corrected chi connectivity index (χ3v) is 2.01. The Morgan fingerprint density at radius 1 is 1.23 bits per heavy atom. The first-order valence-electron chi connectivity index (χ1n) is 3.69. The average molecular weight is 191 g/mol. The summed E-state index contributed by atoms with van der Waals surface area (Å²) < 4.78 is 13.3. The van der Waals surface area contributed by atoms with E-state index >= 15 is 0 Å². The molecule has 0 saturated heterocycles. The van der Waals surface area contributed by atoms with E-state index in [0.717, 1.165) is 0 Å². The number of hydrogen-bond acceptors (Lipinski definition) is 1. The molecule has 62 valence electrons. The normalized spacial score (nSPS) is 10.6. The van der Waals surface area contributed by atoms with E-state index in [1.54, 1.807) is 12.1 Å². The summed E-state index contributed by atoms with van der Waals surface area (Å²) in [5.74, 6) is -0.443. The summed E-state index contributed by atoms with van der Waals surface area (Å²) in [6, 6.07) is 6.21. The van der Waals surface area contributed by atoms with Crippen molar-refractivity contribution < 1.29 is 4.39 Å². The van der Waals surface area contributed by atoms with Gasteiger partial charge in [-0.05, 0) is 18.2 Å². The summed E-state index contributed by atoms with van der Waals surface area (Å²) >= 11 is 5.65. The molecule has 0 fully saturated rings. The van der Waals surface area contributed by atoms with Gasteiger partial charge < -0.3 is 0 Å². The van der Waals surface area contributed by atoms with Crippen LogP contribution in [0.5, 0.6) is 0 Å². The molecule has 0 aliphatic rings. The lowest BCUT2D eigenvalue weighted by molar-refractivity contribution is 0.647. The number of hydrogen-bond donors (Lipinski definition) is 0. The number of benzene rings is 1. The van der Waals surface area contributed by atoms with Gasteiger partial charge >= 0.3 is 0 Å². The van der Waals surface area contributed by atoms with Gasteiger partial charge in [0, 0.05) is 5.39 Å². The number of pyridine rings is 1. The Balaban J connectivity index is 2.87. The second-order valence-electron chi connectivity index (χ2n) is 2.67. The van der Waals surface area contributed by atoms with Gasteiger partial charge in [-0.1, -0.05) is 23.1 Å². The van der Waals surface area contributed by atoms with Gasteiger partial charge in [-0.15, -0.1) is 0 Å². The van der Waals surface area contributed by atoms with Crippen LogP contribution >= 0.6 is 11.6 Å². The van der Waals surface area contributed by atoms with Crippen molar-refractivity contribution >= 4 is 35.8 Å². The zero-order valence-electron chi connectivity index (χ0n) is 6.59. The molecule has 1 heterocycles. The van der Waals surface area contributed by atoms with E-state index in [9.17, 15) is 4.39 Å². The molecule has 2 rings (SSSR count). The van der Waals surface area contributed by atoms with Gasteiger partial charge in [0.2, 0.25) is 0 Å². The number of rotatable bonds is 0. The van der Waals surface area contributed by atoms with Crippen LogP contribution in [0.3, 0.4) is 0 Å². The Kier molecular flexibility index (Phi) is 1.96. The van der Waals surface area contributed by atoms with Crippen LogP contribution in [-0.4, -0.2) is 12.8 Å². The Bertz CT molecular complexity index is 472. The van der Waals surface area contributed by atoms with E-state index < -0.39 is 5.82 Å². The lowest BCUT2D eigenvalue weighted by atomic mass is 9.94. The molecular formula is C9H4BClFN. The maximum Gasteiger partial charge on any atom is 0.129 e. The summed E-state index contributed by atoms with van der Waals surface area (Å²) in [4.78, 5) is 3.95. The molecule has 2 radical (unpaired) electrons. The summed E-state index contributed by atoms with van der Waals surface area (Å²) in [5, 5.41) is 0.737. The fraction of sp³-hybridized carbons (Fsp3) is 0. The molecule has 2 aromatic rings. The van der Waals surface area contributed by atoms with Crippen LogP contribution in [0.25, 0.3) is 10.9 Å². The third-order valence-electron chi connectivity index (χ3n) is 1.80. The van der Waals surface area contributed by atoms with Gasteiger partial charge in [0.1, 0.15) is 18.8 Å². The summed E-state index contributed by atoms with van der Waals surface area (Å²) in [7, 11) is 5.39. The highest BCUT2D eigenvalue weighted by Gasteiger charge is 2.04. The second-order valence-corrected chi connectivity index (χ2v) is 3.06. The minimum atomic E-state index is -0.443. The number of aromatic nitrogens is 1. The second kappa shape index (κ2) is 3.00. The Morgan fingerprint density at radius 2 is 2.00 bits per heavy atom. The van der Waals surface area contributed by atoms with Crippen molar-refractivity contribution in [3.05, 3.63) is 35.2 Å². The van der Waals surface area contributed by atoms with E-state index in [1.165, 1.54) is 12.1 Å². The van der Waals surface area contributed by atoms with E-state index in [1.807, 2.05) is 0 Å². The molecule has 4 heteroatoms. The summed E-state index contributed by atoms with van der Waals surface area (Å²) in [5.41, 5.74) is 0.635. The van der Waals surface area contributed by atoms with Gasteiger partial charge in [-0.25, -0.2) is 9.37 Å². The first kappa shape index (κ1) is 8.51. The first-order valence-corrected chi connectivity index (χ1v) is 4.06. The topological polar surface area (TPSA) is 12.9 Å². The molecule has 1 aromatic carbocycles. The molecule has 1 aromatic heterocycles. The van der Waals surface area contributed by atoms with Crippen molar-refractivity contribution in [1.29, 1.82) is 0 Å². The molecule has 0 unspecified atom stereocenters. The van der Waals surface area contributed by atoms with Crippen molar-refractivity contribution in [2.24, 2.45) is 0 Å². The molecule has 1 nitrogen and oxygen atoms in total. The molecular weight excluding hydrogens is 187 g/mol. The SMILES string of the molecule is [B]c1ccc2nc(Cl)ccc2c1F. The van der Waals surface area contributed by atoms with Crippen LogP contribution < -0.4 is 5.46 Å². The van der Waals surface area contributed by atoms with E-state index in [2.05, 4.69) is 4.98 Å². The quantitative estimate of drug-likeness (QED) is 0.457. The van der Waals surface area contributed by atoms with Crippen molar-refractivity contribution in [2.45, 2.75) is 0 Å². The van der Waals surface area contributed by atoms with Gasteiger partial charge in [-0.2, -0.15) is 0 Å².